The van der Waals surface area contributed by atoms with Gasteiger partial charge in [-0.2, -0.15) is 5.10 Å². The van der Waals surface area contributed by atoms with E-state index in [1.165, 1.54) is 0 Å². The minimum atomic E-state index is -0.453. The number of halogens is 1. The first-order valence-corrected chi connectivity index (χ1v) is 10.2. The minimum Gasteiger partial charge on any atom is -0.482 e. The monoisotopic (exact) mass is 407 g/mol. The van der Waals surface area contributed by atoms with Crippen LogP contribution in [0.25, 0.3) is 11.3 Å². The fourth-order valence-corrected chi connectivity index (χ4v) is 4.83. The van der Waals surface area contributed by atoms with E-state index in [-0.39, 0.29) is 5.91 Å². The number of amides is 1. The van der Waals surface area contributed by atoms with Gasteiger partial charge in [0.05, 0.1) is 22.5 Å². The summed E-state index contributed by atoms with van der Waals surface area (Å²) in [5.74, 6) is 0.859. The molecule has 0 atom stereocenters. The van der Waals surface area contributed by atoms with Crippen LogP contribution in [-0.4, -0.2) is 33.7 Å². The van der Waals surface area contributed by atoms with Crippen molar-refractivity contribution in [3.05, 3.63) is 70.4 Å². The lowest BCUT2D eigenvalue weighted by atomic mass is 9.81. The van der Waals surface area contributed by atoms with Crippen LogP contribution in [0, 0.1) is 6.92 Å². The number of aromatic nitrogens is 2. The zero-order valence-corrected chi connectivity index (χ0v) is 17.2. The number of benzene rings is 2. The highest BCUT2D eigenvalue weighted by Crippen LogP contribution is 2.49. The maximum Gasteiger partial charge on any atom is 0.255 e. The van der Waals surface area contributed by atoms with Crippen LogP contribution < -0.4 is 4.74 Å². The Hall–Kier alpha value is -2.79. The number of carbonyl (C=O) groups is 1. The number of nitrogens with zero attached hydrogens (tertiary/aromatic N) is 3. The number of rotatable bonds is 1. The van der Waals surface area contributed by atoms with E-state index in [1.54, 1.807) is 0 Å². The van der Waals surface area contributed by atoms with E-state index in [9.17, 15) is 4.79 Å². The summed E-state index contributed by atoms with van der Waals surface area (Å²) in [6.07, 6.45) is 3.35. The van der Waals surface area contributed by atoms with Crippen molar-refractivity contribution < 1.29 is 9.53 Å². The van der Waals surface area contributed by atoms with Crippen LogP contribution in [0.15, 0.2) is 48.7 Å². The summed E-state index contributed by atoms with van der Waals surface area (Å²) < 4.78 is 8.47. The molecule has 0 bridgehead atoms. The van der Waals surface area contributed by atoms with Crippen molar-refractivity contribution in [2.45, 2.75) is 25.4 Å². The zero-order valence-electron chi connectivity index (χ0n) is 16.5. The third-order valence-electron chi connectivity index (χ3n) is 6.09. The third-order valence-corrected chi connectivity index (χ3v) is 6.40. The molecule has 29 heavy (non-hydrogen) atoms. The molecule has 148 valence electrons. The Kier molecular flexibility index (Phi) is 4.17. The maximum atomic E-state index is 13.0. The Balaban J connectivity index is 1.43. The number of hydrogen-bond donors (Lipinski definition) is 0. The van der Waals surface area contributed by atoms with Crippen molar-refractivity contribution >= 4 is 17.5 Å². The highest BCUT2D eigenvalue weighted by Gasteiger charge is 2.45. The number of fused-ring (bicyclic) bond motifs is 4. The number of piperidine rings is 1. The van der Waals surface area contributed by atoms with Gasteiger partial charge in [0.2, 0.25) is 0 Å². The zero-order chi connectivity index (χ0) is 20.2. The van der Waals surface area contributed by atoms with E-state index < -0.39 is 5.60 Å². The fraction of sp³-hybridized carbons (Fsp3) is 0.304. The quantitative estimate of drug-likeness (QED) is 0.593. The molecule has 0 saturated carbocycles. The molecular weight excluding hydrogens is 386 g/mol. The van der Waals surface area contributed by atoms with Gasteiger partial charge in [-0.05, 0) is 36.8 Å². The van der Waals surface area contributed by atoms with Crippen LogP contribution in [-0.2, 0) is 12.6 Å². The lowest BCUT2D eigenvalue weighted by Crippen LogP contribution is -2.49. The van der Waals surface area contributed by atoms with Crippen molar-refractivity contribution in [1.82, 2.24) is 14.7 Å². The largest absolute Gasteiger partial charge is 0.482 e. The fourth-order valence-electron chi connectivity index (χ4n) is 4.51. The maximum absolute atomic E-state index is 13.0. The Morgan fingerprint density at radius 2 is 1.93 bits per heavy atom. The molecule has 1 aromatic heterocycles. The van der Waals surface area contributed by atoms with Gasteiger partial charge in [-0.3, -0.25) is 9.48 Å². The number of carbonyl (C=O) groups excluding carboxylic acids is 1. The van der Waals surface area contributed by atoms with E-state index in [4.69, 9.17) is 16.3 Å². The van der Waals surface area contributed by atoms with Gasteiger partial charge >= 0.3 is 0 Å². The van der Waals surface area contributed by atoms with Gasteiger partial charge in [0.25, 0.3) is 5.91 Å². The number of hydrogen-bond acceptors (Lipinski definition) is 3. The lowest BCUT2D eigenvalue weighted by Gasteiger charge is -2.44. The molecular formula is C23H22ClN3O2. The van der Waals surface area contributed by atoms with E-state index in [0.717, 1.165) is 41.0 Å². The van der Waals surface area contributed by atoms with E-state index >= 15 is 0 Å². The van der Waals surface area contributed by atoms with E-state index in [2.05, 4.69) is 11.2 Å². The first-order chi connectivity index (χ1) is 14.0. The van der Waals surface area contributed by atoms with Crippen LogP contribution in [0.2, 0.25) is 5.02 Å². The van der Waals surface area contributed by atoms with E-state index in [0.29, 0.717) is 23.7 Å². The van der Waals surface area contributed by atoms with Gasteiger partial charge in [-0.15, -0.1) is 0 Å². The molecule has 3 aromatic rings. The summed E-state index contributed by atoms with van der Waals surface area (Å²) in [6, 6.07) is 13.7. The SMILES string of the molecule is Cc1ccc(C(=O)N2CCC3(CC2)Oc2ccccc2-c2c3cnn2C)c(Cl)c1. The molecule has 6 heteroatoms. The van der Waals surface area contributed by atoms with Gasteiger partial charge in [-0.25, -0.2) is 0 Å². The smallest absolute Gasteiger partial charge is 0.255 e. The Bertz CT molecular complexity index is 1110. The van der Waals surface area contributed by atoms with Crippen molar-refractivity contribution in [2.24, 2.45) is 7.05 Å². The second-order valence-electron chi connectivity index (χ2n) is 7.90. The summed E-state index contributed by atoms with van der Waals surface area (Å²) in [6.45, 7) is 3.19. The number of aryl methyl sites for hydroxylation is 2. The number of ether oxygens (including phenoxy) is 1. The predicted octanol–water partition coefficient (Wildman–Crippen LogP) is 4.57. The molecule has 1 saturated heterocycles. The van der Waals surface area contributed by atoms with Crippen LogP contribution in [0.3, 0.4) is 0 Å². The van der Waals surface area contributed by atoms with Crippen LogP contribution in [0.4, 0.5) is 0 Å². The molecule has 2 aromatic carbocycles. The molecule has 5 nitrogen and oxygen atoms in total. The van der Waals surface area contributed by atoms with Gasteiger partial charge in [0, 0.05) is 44.1 Å². The Morgan fingerprint density at radius 1 is 1.17 bits per heavy atom. The third kappa shape index (κ3) is 2.84. The Morgan fingerprint density at radius 3 is 2.69 bits per heavy atom. The van der Waals surface area contributed by atoms with Crippen molar-refractivity contribution in [2.75, 3.05) is 13.1 Å². The standard InChI is InChI=1S/C23H22ClN3O2/c1-15-7-8-16(19(24)13-15)22(28)27-11-9-23(10-12-27)18-14-25-26(2)21(18)17-5-3-4-6-20(17)29-23/h3-8,13-14H,9-12H2,1-2H3. The molecule has 0 unspecified atom stereocenters. The van der Waals surface area contributed by atoms with Crippen LogP contribution >= 0.6 is 11.6 Å². The van der Waals surface area contributed by atoms with Gasteiger partial charge < -0.3 is 9.64 Å². The average Bonchev–Trinajstić information content (AvgIpc) is 3.11. The molecule has 5 rings (SSSR count). The average molecular weight is 408 g/mol. The first-order valence-electron chi connectivity index (χ1n) is 9.85. The Labute approximate surface area is 174 Å². The molecule has 2 aliphatic rings. The topological polar surface area (TPSA) is 47.4 Å². The molecule has 3 heterocycles. The lowest BCUT2D eigenvalue weighted by molar-refractivity contribution is -0.00171. The second kappa shape index (κ2) is 6.63. The highest BCUT2D eigenvalue weighted by molar-refractivity contribution is 6.33. The van der Waals surface area contributed by atoms with Crippen molar-refractivity contribution in [3.63, 3.8) is 0 Å². The molecule has 1 spiro atoms. The van der Waals surface area contributed by atoms with Gasteiger partial charge in [-0.1, -0.05) is 29.8 Å². The van der Waals surface area contributed by atoms with Gasteiger partial charge in [0.15, 0.2) is 0 Å². The molecule has 0 radical (unpaired) electrons. The summed E-state index contributed by atoms with van der Waals surface area (Å²) in [7, 11) is 1.96. The predicted molar refractivity (Wildman–Crippen MR) is 112 cm³/mol. The van der Waals surface area contributed by atoms with Crippen molar-refractivity contribution in [1.29, 1.82) is 0 Å². The summed E-state index contributed by atoms with van der Waals surface area (Å²) >= 11 is 6.33. The van der Waals surface area contributed by atoms with Crippen molar-refractivity contribution in [3.8, 4) is 17.0 Å². The summed E-state index contributed by atoms with van der Waals surface area (Å²) in [4.78, 5) is 14.9. The summed E-state index contributed by atoms with van der Waals surface area (Å²) in [5.41, 5.74) is 4.43. The van der Waals surface area contributed by atoms with Gasteiger partial charge in [0.1, 0.15) is 11.4 Å². The molecule has 0 aliphatic carbocycles. The molecule has 1 fully saturated rings. The highest BCUT2D eigenvalue weighted by atomic mass is 35.5. The van der Waals surface area contributed by atoms with E-state index in [1.807, 2.05) is 66.1 Å². The van der Waals surface area contributed by atoms with Crippen LogP contribution in [0.1, 0.15) is 34.3 Å². The first kappa shape index (κ1) is 18.3. The minimum absolute atomic E-state index is 0.0209. The molecule has 2 aliphatic heterocycles. The molecule has 1 amide bonds. The molecule has 0 N–H and O–H groups in total. The normalized spacial score (nSPS) is 16.9. The number of likely N-dealkylation sites (tertiary alicyclic amines) is 1. The second-order valence-corrected chi connectivity index (χ2v) is 8.31. The number of para-hydroxylation sites is 1. The summed E-state index contributed by atoms with van der Waals surface area (Å²) in [5, 5.41) is 5.01. The van der Waals surface area contributed by atoms with Crippen LogP contribution in [0.5, 0.6) is 5.75 Å².